The van der Waals surface area contributed by atoms with E-state index in [1.807, 2.05) is 20.8 Å². The number of likely N-dealkylation sites (N-methyl/N-ethyl adjacent to an activating group) is 1. The number of carboxylic acid groups (broad SMARTS) is 1. The van der Waals surface area contributed by atoms with E-state index < -0.39 is 11.5 Å². The van der Waals surface area contributed by atoms with Crippen molar-refractivity contribution >= 4 is 11.9 Å². The van der Waals surface area contributed by atoms with Gasteiger partial charge in [-0.1, -0.05) is 13.8 Å². The fourth-order valence-electron chi connectivity index (χ4n) is 3.10. The van der Waals surface area contributed by atoms with Gasteiger partial charge in [-0.25, -0.2) is 4.79 Å². The Kier molecular flexibility index (Phi) is 3.31. The smallest absolute Gasteiger partial charge is 0.330 e. The van der Waals surface area contributed by atoms with Crippen LogP contribution < -0.4 is 0 Å². The lowest BCUT2D eigenvalue weighted by Gasteiger charge is -2.45. The molecule has 1 atom stereocenters. The van der Waals surface area contributed by atoms with Crippen molar-refractivity contribution in [2.45, 2.75) is 52.5 Å². The molecule has 0 aromatic heterocycles. The van der Waals surface area contributed by atoms with Gasteiger partial charge in [-0.3, -0.25) is 4.79 Å². The standard InChI is InChI=1S/C12H21NO3/c1-5-13(9(2)14)12(10(15)16)8-6-7-11(12,3)4/h5-8H2,1-4H3,(H,15,16). The van der Waals surface area contributed by atoms with Crippen LogP contribution in [0.3, 0.4) is 0 Å². The Balaban J connectivity index is 3.26. The summed E-state index contributed by atoms with van der Waals surface area (Å²) in [6.07, 6.45) is 2.27. The minimum atomic E-state index is -1.02. The van der Waals surface area contributed by atoms with Crippen LogP contribution in [0.5, 0.6) is 0 Å². The van der Waals surface area contributed by atoms with Gasteiger partial charge >= 0.3 is 5.97 Å². The van der Waals surface area contributed by atoms with Crippen molar-refractivity contribution in [3.63, 3.8) is 0 Å². The number of carbonyl (C=O) groups excluding carboxylic acids is 1. The average molecular weight is 227 g/mol. The van der Waals surface area contributed by atoms with E-state index in [9.17, 15) is 14.7 Å². The average Bonchev–Trinajstić information content (AvgIpc) is 2.43. The van der Waals surface area contributed by atoms with Crippen molar-refractivity contribution in [3.05, 3.63) is 0 Å². The van der Waals surface area contributed by atoms with Crippen molar-refractivity contribution in [3.8, 4) is 0 Å². The molecule has 1 aliphatic carbocycles. The largest absolute Gasteiger partial charge is 0.479 e. The second kappa shape index (κ2) is 4.07. The van der Waals surface area contributed by atoms with Crippen molar-refractivity contribution in [1.82, 2.24) is 4.90 Å². The predicted octanol–water partition coefficient (Wildman–Crippen LogP) is 1.89. The van der Waals surface area contributed by atoms with Gasteiger partial charge < -0.3 is 10.0 Å². The Morgan fingerprint density at radius 3 is 2.12 bits per heavy atom. The van der Waals surface area contributed by atoms with E-state index in [1.54, 1.807) is 0 Å². The zero-order chi connectivity index (χ0) is 12.6. The molecule has 0 aromatic carbocycles. The van der Waals surface area contributed by atoms with E-state index in [4.69, 9.17) is 0 Å². The molecule has 0 aromatic rings. The van der Waals surface area contributed by atoms with E-state index in [0.29, 0.717) is 13.0 Å². The lowest BCUT2D eigenvalue weighted by Crippen LogP contribution is -2.62. The zero-order valence-corrected chi connectivity index (χ0v) is 10.5. The summed E-state index contributed by atoms with van der Waals surface area (Å²) in [7, 11) is 0. The van der Waals surface area contributed by atoms with Crippen molar-refractivity contribution < 1.29 is 14.7 Å². The van der Waals surface area contributed by atoms with Gasteiger partial charge in [-0.15, -0.1) is 0 Å². The first-order valence-corrected chi connectivity index (χ1v) is 5.81. The van der Waals surface area contributed by atoms with E-state index >= 15 is 0 Å². The first-order chi connectivity index (χ1) is 7.29. The summed E-state index contributed by atoms with van der Waals surface area (Å²) in [5.41, 5.74) is -1.38. The summed E-state index contributed by atoms with van der Waals surface area (Å²) >= 11 is 0. The quantitative estimate of drug-likeness (QED) is 0.801. The fraction of sp³-hybridized carbons (Fsp3) is 0.833. The van der Waals surface area contributed by atoms with E-state index in [1.165, 1.54) is 11.8 Å². The van der Waals surface area contributed by atoms with Crippen LogP contribution in [0.15, 0.2) is 0 Å². The number of amides is 1. The lowest BCUT2D eigenvalue weighted by atomic mass is 9.73. The first kappa shape index (κ1) is 13.0. The van der Waals surface area contributed by atoms with Gasteiger partial charge in [-0.2, -0.15) is 0 Å². The molecule has 0 radical (unpaired) electrons. The number of hydrogen-bond acceptors (Lipinski definition) is 2. The van der Waals surface area contributed by atoms with Crippen LogP contribution in [0.2, 0.25) is 0 Å². The van der Waals surface area contributed by atoms with Crippen molar-refractivity contribution in [1.29, 1.82) is 0 Å². The van der Waals surface area contributed by atoms with E-state index in [0.717, 1.165) is 12.8 Å². The molecule has 0 saturated heterocycles. The number of hydrogen-bond donors (Lipinski definition) is 1. The highest BCUT2D eigenvalue weighted by Gasteiger charge is 2.58. The Hall–Kier alpha value is -1.06. The molecular formula is C12H21NO3. The van der Waals surface area contributed by atoms with E-state index in [2.05, 4.69) is 0 Å². The van der Waals surface area contributed by atoms with Crippen molar-refractivity contribution in [2.75, 3.05) is 6.54 Å². The molecule has 1 rings (SSSR count). The second-order valence-corrected chi connectivity index (χ2v) is 5.17. The number of rotatable bonds is 3. The molecule has 0 bridgehead atoms. The molecule has 0 heterocycles. The van der Waals surface area contributed by atoms with Crippen LogP contribution in [-0.4, -0.2) is 34.0 Å². The summed E-state index contributed by atoms with van der Waals surface area (Å²) in [5.74, 6) is -1.02. The van der Waals surface area contributed by atoms with Crippen LogP contribution in [0.1, 0.15) is 47.0 Å². The third-order valence-electron chi connectivity index (χ3n) is 3.97. The topological polar surface area (TPSA) is 57.6 Å². The third kappa shape index (κ3) is 1.60. The summed E-state index contributed by atoms with van der Waals surface area (Å²) in [4.78, 5) is 24.8. The minimum absolute atomic E-state index is 0.153. The van der Waals surface area contributed by atoms with Crippen molar-refractivity contribution in [2.24, 2.45) is 5.41 Å². The molecule has 0 spiro atoms. The maximum Gasteiger partial charge on any atom is 0.330 e. The Labute approximate surface area is 96.6 Å². The molecule has 1 aliphatic rings. The first-order valence-electron chi connectivity index (χ1n) is 5.81. The highest BCUT2D eigenvalue weighted by Crippen LogP contribution is 2.49. The zero-order valence-electron chi connectivity index (χ0n) is 10.5. The molecular weight excluding hydrogens is 206 g/mol. The van der Waals surface area contributed by atoms with Gasteiger partial charge in [0.05, 0.1) is 0 Å². The van der Waals surface area contributed by atoms with Gasteiger partial charge in [0.15, 0.2) is 0 Å². The van der Waals surface area contributed by atoms with Gasteiger partial charge in [0.1, 0.15) is 5.54 Å². The molecule has 1 saturated carbocycles. The predicted molar refractivity (Wildman–Crippen MR) is 61.1 cm³/mol. The lowest BCUT2D eigenvalue weighted by molar-refractivity contribution is -0.165. The van der Waals surface area contributed by atoms with Crippen LogP contribution in [0, 0.1) is 5.41 Å². The maximum atomic E-state index is 11.7. The molecule has 0 aliphatic heterocycles. The number of carbonyl (C=O) groups is 2. The normalized spacial score (nSPS) is 27.8. The third-order valence-corrected chi connectivity index (χ3v) is 3.97. The SMILES string of the molecule is CCN(C(C)=O)C1(C(=O)O)CCCC1(C)C. The fourth-order valence-corrected chi connectivity index (χ4v) is 3.10. The molecule has 92 valence electrons. The molecule has 1 amide bonds. The monoisotopic (exact) mass is 227 g/mol. The Bertz CT molecular complexity index is 311. The van der Waals surface area contributed by atoms with Gasteiger partial charge in [0, 0.05) is 13.5 Å². The van der Waals surface area contributed by atoms with Gasteiger partial charge in [0.25, 0.3) is 0 Å². The number of nitrogens with zero attached hydrogens (tertiary/aromatic N) is 1. The summed E-state index contributed by atoms with van der Waals surface area (Å²) < 4.78 is 0. The van der Waals surface area contributed by atoms with Crippen LogP contribution in [-0.2, 0) is 9.59 Å². The highest BCUT2D eigenvalue weighted by atomic mass is 16.4. The number of carboxylic acids is 1. The maximum absolute atomic E-state index is 11.7. The molecule has 1 fully saturated rings. The highest BCUT2D eigenvalue weighted by molar-refractivity contribution is 5.87. The molecule has 1 N–H and O–H groups in total. The summed E-state index contributed by atoms with van der Waals surface area (Å²) in [6.45, 7) is 7.62. The molecule has 1 unspecified atom stereocenters. The Morgan fingerprint density at radius 1 is 1.31 bits per heavy atom. The molecule has 16 heavy (non-hydrogen) atoms. The van der Waals surface area contributed by atoms with E-state index in [-0.39, 0.29) is 11.3 Å². The minimum Gasteiger partial charge on any atom is -0.479 e. The van der Waals surface area contributed by atoms with Crippen LogP contribution in [0.25, 0.3) is 0 Å². The van der Waals surface area contributed by atoms with Gasteiger partial charge in [0.2, 0.25) is 5.91 Å². The van der Waals surface area contributed by atoms with Gasteiger partial charge in [-0.05, 0) is 31.6 Å². The van der Waals surface area contributed by atoms with Crippen LogP contribution >= 0.6 is 0 Å². The molecule has 4 heteroatoms. The number of aliphatic carboxylic acids is 1. The Morgan fingerprint density at radius 2 is 1.88 bits per heavy atom. The molecule has 4 nitrogen and oxygen atoms in total. The van der Waals surface area contributed by atoms with Crippen LogP contribution in [0.4, 0.5) is 0 Å². The summed E-state index contributed by atoms with van der Waals surface area (Å²) in [5, 5.41) is 9.56. The second-order valence-electron chi connectivity index (χ2n) is 5.17. The summed E-state index contributed by atoms with van der Waals surface area (Å²) in [6, 6.07) is 0.